The molecule has 0 N–H and O–H groups in total. The summed E-state index contributed by atoms with van der Waals surface area (Å²) >= 11 is 0. The van der Waals surface area contributed by atoms with Crippen LogP contribution in [-0.2, 0) is 47.1 Å². The Balaban J connectivity index is -0.000000405. The van der Waals surface area contributed by atoms with Crippen molar-refractivity contribution in [1.82, 2.24) is 0 Å². The third-order valence-corrected chi connectivity index (χ3v) is 1.29. The van der Waals surface area contributed by atoms with E-state index in [1.54, 1.807) is 0 Å². The molecule has 0 radical (unpaired) electrons. The van der Waals surface area contributed by atoms with Gasteiger partial charge in [0.05, 0.1) is 6.61 Å². The zero-order chi connectivity index (χ0) is 7.82. The Labute approximate surface area is 99.0 Å². The molecule has 0 saturated carbocycles. The Morgan fingerprint density at radius 3 is 2.25 bits per heavy atom. The molecule has 0 spiro atoms. The number of carbonyl (C=O) groups excluding carboxylic acids is 1. The maximum Gasteiger partial charge on any atom is 0.305 e. The van der Waals surface area contributed by atoms with Crippen LogP contribution in [0.1, 0.15) is 39.5 Å². The number of esters is 1. The molecule has 4 heteroatoms. The van der Waals surface area contributed by atoms with Crippen LogP contribution in [0.3, 0.4) is 0 Å². The molecular weight excluding hydrogens is 283 g/mol. The summed E-state index contributed by atoms with van der Waals surface area (Å²) < 4.78 is 4.75. The van der Waals surface area contributed by atoms with Gasteiger partial charge < -0.3 is 4.74 Å². The summed E-state index contributed by atoms with van der Waals surface area (Å²) in [4.78, 5) is 10.7. The summed E-state index contributed by atoms with van der Waals surface area (Å²) in [6.07, 6.45) is 3.83. The van der Waals surface area contributed by atoms with Gasteiger partial charge in [0.2, 0.25) is 0 Å². The first-order valence-corrected chi connectivity index (χ1v) is 3.96. The molecule has 0 rings (SSSR count). The molecule has 76 valence electrons. The number of carbonyl (C=O) groups is 1. The molecule has 0 bridgehead atoms. The summed E-state index contributed by atoms with van der Waals surface area (Å²) in [7, 11) is 0. The van der Waals surface area contributed by atoms with E-state index in [0.29, 0.717) is 13.0 Å². The smallest absolute Gasteiger partial charge is 0.305 e. The van der Waals surface area contributed by atoms with Gasteiger partial charge >= 0.3 is 5.97 Å². The second-order valence-electron chi connectivity index (χ2n) is 2.26. The Bertz CT molecular complexity index is 99.1. The van der Waals surface area contributed by atoms with Gasteiger partial charge in [0.25, 0.3) is 0 Å². The SMILES string of the molecule is CCCCCC(=O)OCC.[Mo].[Ni]. The Morgan fingerprint density at radius 2 is 1.83 bits per heavy atom. The van der Waals surface area contributed by atoms with E-state index in [0.717, 1.165) is 19.3 Å². The average molecular weight is 299 g/mol. The van der Waals surface area contributed by atoms with Crippen LogP contribution in [0, 0.1) is 0 Å². The molecule has 0 unspecified atom stereocenters. The van der Waals surface area contributed by atoms with Crippen LogP contribution in [-0.4, -0.2) is 12.6 Å². The predicted molar refractivity (Wildman–Crippen MR) is 40.8 cm³/mol. The molecule has 0 aromatic carbocycles. The minimum atomic E-state index is -0.0593. The van der Waals surface area contributed by atoms with Crippen LogP contribution in [0.4, 0.5) is 0 Å². The van der Waals surface area contributed by atoms with Crippen LogP contribution in [0.2, 0.25) is 0 Å². The van der Waals surface area contributed by atoms with Crippen LogP contribution in [0.25, 0.3) is 0 Å². The van der Waals surface area contributed by atoms with Gasteiger partial charge in [-0.25, -0.2) is 0 Å². The summed E-state index contributed by atoms with van der Waals surface area (Å²) in [6, 6.07) is 0. The van der Waals surface area contributed by atoms with Gasteiger partial charge in [-0.1, -0.05) is 19.8 Å². The van der Waals surface area contributed by atoms with Crippen molar-refractivity contribution >= 4 is 5.97 Å². The monoisotopic (exact) mass is 300 g/mol. The fourth-order valence-corrected chi connectivity index (χ4v) is 0.752. The largest absolute Gasteiger partial charge is 0.466 e. The van der Waals surface area contributed by atoms with E-state index in [9.17, 15) is 4.79 Å². The standard InChI is InChI=1S/C8H16O2.Mo.Ni/c1-3-5-6-7-8(9)10-4-2;;/h3-7H2,1-2H3;;. The minimum absolute atomic E-state index is 0. The van der Waals surface area contributed by atoms with Crippen LogP contribution >= 0.6 is 0 Å². The Hall–Kier alpha value is 0.652. The maximum atomic E-state index is 10.7. The third-order valence-electron chi connectivity index (χ3n) is 1.29. The summed E-state index contributed by atoms with van der Waals surface area (Å²) in [5, 5.41) is 0. The van der Waals surface area contributed by atoms with E-state index in [-0.39, 0.29) is 43.5 Å². The van der Waals surface area contributed by atoms with E-state index >= 15 is 0 Å². The van der Waals surface area contributed by atoms with Gasteiger partial charge in [-0.15, -0.1) is 0 Å². The van der Waals surface area contributed by atoms with Crippen LogP contribution in [0.15, 0.2) is 0 Å². The number of ether oxygens (including phenoxy) is 1. The van der Waals surface area contributed by atoms with Gasteiger partial charge in [0, 0.05) is 44.0 Å². The Morgan fingerprint density at radius 1 is 1.25 bits per heavy atom. The van der Waals surface area contributed by atoms with Crippen LogP contribution in [0.5, 0.6) is 0 Å². The zero-order valence-corrected chi connectivity index (χ0v) is 10.6. The van der Waals surface area contributed by atoms with E-state index < -0.39 is 0 Å². The van der Waals surface area contributed by atoms with Crippen molar-refractivity contribution in [2.24, 2.45) is 0 Å². The maximum absolute atomic E-state index is 10.7. The molecule has 0 heterocycles. The van der Waals surface area contributed by atoms with Gasteiger partial charge in [-0.2, -0.15) is 0 Å². The predicted octanol–water partition coefficient (Wildman–Crippen LogP) is 2.12. The number of hydrogen-bond acceptors (Lipinski definition) is 2. The second-order valence-corrected chi connectivity index (χ2v) is 2.26. The third kappa shape index (κ3) is 13.3. The molecular formula is C8H16MoNiO2. The molecule has 2 nitrogen and oxygen atoms in total. The molecule has 0 aliphatic carbocycles. The minimum Gasteiger partial charge on any atom is -0.466 e. The van der Waals surface area contributed by atoms with Crippen molar-refractivity contribution in [2.75, 3.05) is 6.61 Å². The summed E-state index contributed by atoms with van der Waals surface area (Å²) in [6.45, 7) is 4.45. The molecule has 0 saturated heterocycles. The van der Waals surface area contributed by atoms with Crippen molar-refractivity contribution in [3.8, 4) is 0 Å². The topological polar surface area (TPSA) is 26.3 Å². The molecule has 0 aliphatic heterocycles. The first kappa shape index (κ1) is 18.4. The first-order valence-electron chi connectivity index (χ1n) is 3.96. The van der Waals surface area contributed by atoms with E-state index in [1.165, 1.54) is 0 Å². The molecule has 0 fully saturated rings. The Kier molecular flexibility index (Phi) is 21.8. The van der Waals surface area contributed by atoms with Crippen LogP contribution < -0.4 is 0 Å². The zero-order valence-electron chi connectivity index (χ0n) is 7.58. The molecule has 0 aliphatic rings. The molecule has 0 atom stereocenters. The van der Waals surface area contributed by atoms with E-state index in [1.807, 2.05) is 6.92 Å². The van der Waals surface area contributed by atoms with Crippen molar-refractivity contribution in [2.45, 2.75) is 39.5 Å². The molecule has 12 heavy (non-hydrogen) atoms. The quantitative estimate of drug-likeness (QED) is 0.441. The van der Waals surface area contributed by atoms with Gasteiger partial charge in [-0.3, -0.25) is 4.79 Å². The van der Waals surface area contributed by atoms with E-state index in [4.69, 9.17) is 4.74 Å². The number of hydrogen-bond donors (Lipinski definition) is 0. The van der Waals surface area contributed by atoms with Gasteiger partial charge in [-0.05, 0) is 13.3 Å². The van der Waals surface area contributed by atoms with Crippen molar-refractivity contribution < 1.29 is 47.1 Å². The number of rotatable bonds is 5. The molecule has 0 amide bonds. The normalized spacial score (nSPS) is 7.83. The summed E-state index contributed by atoms with van der Waals surface area (Å²) in [5.41, 5.74) is 0. The number of unbranched alkanes of at least 4 members (excludes halogenated alkanes) is 2. The molecule has 0 aromatic heterocycles. The van der Waals surface area contributed by atoms with Crippen molar-refractivity contribution in [3.05, 3.63) is 0 Å². The summed E-state index contributed by atoms with van der Waals surface area (Å²) in [5.74, 6) is -0.0593. The van der Waals surface area contributed by atoms with E-state index in [2.05, 4.69) is 6.92 Å². The van der Waals surface area contributed by atoms with Crippen molar-refractivity contribution in [1.29, 1.82) is 0 Å². The first-order chi connectivity index (χ1) is 4.81. The average Bonchev–Trinajstić information content (AvgIpc) is 1.89. The fraction of sp³-hybridized carbons (Fsp3) is 0.875. The molecule has 0 aromatic rings. The second kappa shape index (κ2) is 14.2. The van der Waals surface area contributed by atoms with Gasteiger partial charge in [0.1, 0.15) is 0 Å². The fourth-order valence-electron chi connectivity index (χ4n) is 0.752. The van der Waals surface area contributed by atoms with Gasteiger partial charge in [0.15, 0.2) is 0 Å². The van der Waals surface area contributed by atoms with Crippen molar-refractivity contribution in [3.63, 3.8) is 0 Å².